The topological polar surface area (TPSA) is 46.2 Å². The molecule has 0 amide bonds. The number of rotatable bonds is 4. The highest BCUT2D eigenvalue weighted by Gasteiger charge is 2.24. The van der Waals surface area contributed by atoms with E-state index in [4.69, 9.17) is 6.42 Å². The number of hydrogen-bond donors (Lipinski definition) is 1. The Balaban J connectivity index is 2.38. The molecule has 15 heavy (non-hydrogen) atoms. The summed E-state index contributed by atoms with van der Waals surface area (Å²) >= 11 is 0. The van der Waals surface area contributed by atoms with Crippen molar-refractivity contribution >= 4 is 9.84 Å². The van der Waals surface area contributed by atoms with Gasteiger partial charge in [0.05, 0.1) is 17.5 Å². The molecule has 0 aromatic carbocycles. The largest absolute Gasteiger partial charge is 0.301 e. The number of hydrogen-bond acceptors (Lipinski definition) is 3. The second kappa shape index (κ2) is 5.53. The first-order chi connectivity index (χ1) is 7.07. The van der Waals surface area contributed by atoms with E-state index in [1.54, 1.807) is 0 Å². The van der Waals surface area contributed by atoms with Gasteiger partial charge in [-0.2, -0.15) is 0 Å². The highest BCUT2D eigenvalue weighted by Crippen LogP contribution is 2.13. The summed E-state index contributed by atoms with van der Waals surface area (Å²) in [5.41, 5.74) is 0. The van der Waals surface area contributed by atoms with E-state index in [1.807, 2.05) is 0 Å². The third kappa shape index (κ3) is 4.23. The molecule has 1 fully saturated rings. The quantitative estimate of drug-likeness (QED) is 0.730. The van der Waals surface area contributed by atoms with Crippen LogP contribution < -0.4 is 5.32 Å². The second-order valence-electron chi connectivity index (χ2n) is 4.10. The molecule has 1 heterocycles. The molecule has 3 nitrogen and oxygen atoms in total. The van der Waals surface area contributed by atoms with Crippen LogP contribution in [0.2, 0.25) is 0 Å². The number of terminal acetylenes is 1. The van der Waals surface area contributed by atoms with Crippen molar-refractivity contribution < 1.29 is 8.42 Å². The van der Waals surface area contributed by atoms with Crippen molar-refractivity contribution in [3.63, 3.8) is 0 Å². The minimum absolute atomic E-state index is 0.0980. The standard InChI is InChI=1S/C11H19NO2S/c1-3-5-10(4-2)12-11-6-8-15(13,14)9-7-11/h2,10-12H,3,5-9H2,1H3. The van der Waals surface area contributed by atoms with Gasteiger partial charge < -0.3 is 5.32 Å². The molecule has 1 N–H and O–H groups in total. The van der Waals surface area contributed by atoms with Gasteiger partial charge in [0.2, 0.25) is 0 Å². The zero-order valence-corrected chi connectivity index (χ0v) is 10.0. The van der Waals surface area contributed by atoms with Gasteiger partial charge in [-0.25, -0.2) is 8.42 Å². The fourth-order valence-corrected chi connectivity index (χ4v) is 3.34. The smallest absolute Gasteiger partial charge is 0.150 e. The molecule has 1 aliphatic heterocycles. The third-order valence-electron chi connectivity index (χ3n) is 2.77. The molecule has 1 saturated heterocycles. The molecule has 86 valence electrons. The maximum absolute atomic E-state index is 11.2. The molecule has 1 unspecified atom stereocenters. The Morgan fingerprint density at radius 1 is 1.47 bits per heavy atom. The van der Waals surface area contributed by atoms with Gasteiger partial charge in [0, 0.05) is 6.04 Å². The summed E-state index contributed by atoms with van der Waals surface area (Å²) in [5.74, 6) is 3.31. The van der Waals surface area contributed by atoms with Crippen molar-refractivity contribution in [2.24, 2.45) is 0 Å². The molecule has 0 aromatic heterocycles. The molecule has 1 rings (SSSR count). The average molecular weight is 229 g/mol. The van der Waals surface area contributed by atoms with E-state index < -0.39 is 9.84 Å². The number of sulfone groups is 1. The Morgan fingerprint density at radius 3 is 2.53 bits per heavy atom. The molecule has 1 aliphatic rings. The summed E-state index contributed by atoms with van der Waals surface area (Å²) in [6.07, 6.45) is 8.80. The van der Waals surface area contributed by atoms with E-state index in [2.05, 4.69) is 18.2 Å². The van der Waals surface area contributed by atoms with Gasteiger partial charge in [0.1, 0.15) is 9.84 Å². The first-order valence-electron chi connectivity index (χ1n) is 5.50. The first-order valence-corrected chi connectivity index (χ1v) is 7.32. The van der Waals surface area contributed by atoms with Gasteiger partial charge in [0.15, 0.2) is 0 Å². The van der Waals surface area contributed by atoms with Crippen LogP contribution in [0, 0.1) is 12.3 Å². The molecule has 1 atom stereocenters. The van der Waals surface area contributed by atoms with Crippen LogP contribution in [0.15, 0.2) is 0 Å². The molecular formula is C11H19NO2S. The summed E-state index contributed by atoms with van der Waals surface area (Å²) in [5, 5.41) is 3.34. The SMILES string of the molecule is C#CC(CCC)NC1CCS(=O)(=O)CC1. The Kier molecular flexibility index (Phi) is 4.62. The van der Waals surface area contributed by atoms with Crippen LogP contribution in [0.5, 0.6) is 0 Å². The second-order valence-corrected chi connectivity index (χ2v) is 6.40. The van der Waals surface area contributed by atoms with Gasteiger partial charge in [-0.05, 0) is 19.3 Å². The van der Waals surface area contributed by atoms with E-state index >= 15 is 0 Å². The minimum Gasteiger partial charge on any atom is -0.301 e. The van der Waals surface area contributed by atoms with E-state index in [0.717, 1.165) is 12.8 Å². The lowest BCUT2D eigenvalue weighted by Crippen LogP contribution is -2.42. The molecule has 0 spiro atoms. The molecule has 0 saturated carbocycles. The van der Waals surface area contributed by atoms with Crippen molar-refractivity contribution in [2.75, 3.05) is 11.5 Å². The van der Waals surface area contributed by atoms with Gasteiger partial charge in [-0.1, -0.05) is 19.3 Å². The summed E-state index contributed by atoms with van der Waals surface area (Å²) in [7, 11) is -2.76. The van der Waals surface area contributed by atoms with Crippen molar-refractivity contribution in [1.82, 2.24) is 5.32 Å². The van der Waals surface area contributed by atoms with Crippen LogP contribution >= 0.6 is 0 Å². The summed E-state index contributed by atoms with van der Waals surface area (Å²) < 4.78 is 22.4. The van der Waals surface area contributed by atoms with Crippen LogP contribution in [-0.4, -0.2) is 32.0 Å². The fourth-order valence-electron chi connectivity index (χ4n) is 1.84. The van der Waals surface area contributed by atoms with Gasteiger partial charge in [-0.15, -0.1) is 6.42 Å². The Labute approximate surface area is 92.6 Å². The predicted octanol–water partition coefficient (Wildman–Crippen LogP) is 0.955. The van der Waals surface area contributed by atoms with E-state index in [1.165, 1.54) is 0 Å². The molecule has 4 heteroatoms. The van der Waals surface area contributed by atoms with E-state index in [0.29, 0.717) is 24.3 Å². The Bertz CT molecular complexity index is 315. The predicted molar refractivity (Wildman–Crippen MR) is 62.3 cm³/mol. The maximum atomic E-state index is 11.2. The molecule has 0 radical (unpaired) electrons. The maximum Gasteiger partial charge on any atom is 0.150 e. The monoisotopic (exact) mass is 229 g/mol. The highest BCUT2D eigenvalue weighted by atomic mass is 32.2. The van der Waals surface area contributed by atoms with Crippen molar-refractivity contribution in [3.8, 4) is 12.3 Å². The van der Waals surface area contributed by atoms with Crippen molar-refractivity contribution in [1.29, 1.82) is 0 Å². The lowest BCUT2D eigenvalue weighted by Gasteiger charge is -2.26. The van der Waals surface area contributed by atoms with E-state index in [9.17, 15) is 8.42 Å². The number of nitrogens with one attached hydrogen (secondary N) is 1. The Morgan fingerprint density at radius 2 is 2.07 bits per heavy atom. The molecular weight excluding hydrogens is 210 g/mol. The summed E-state index contributed by atoms with van der Waals surface area (Å²) in [6, 6.07) is 0.377. The van der Waals surface area contributed by atoms with Crippen LogP contribution in [0.25, 0.3) is 0 Å². The van der Waals surface area contributed by atoms with Crippen molar-refractivity contribution in [3.05, 3.63) is 0 Å². The van der Waals surface area contributed by atoms with Crippen LogP contribution in [-0.2, 0) is 9.84 Å². The van der Waals surface area contributed by atoms with Gasteiger partial charge in [0.25, 0.3) is 0 Å². The normalized spacial score (nSPS) is 23.2. The zero-order valence-electron chi connectivity index (χ0n) is 9.20. The van der Waals surface area contributed by atoms with Gasteiger partial charge in [-0.3, -0.25) is 0 Å². The van der Waals surface area contributed by atoms with Gasteiger partial charge >= 0.3 is 0 Å². The third-order valence-corrected chi connectivity index (χ3v) is 4.49. The zero-order chi connectivity index (χ0) is 11.3. The minimum atomic E-state index is -2.76. The lowest BCUT2D eigenvalue weighted by molar-refractivity contribution is 0.425. The van der Waals surface area contributed by atoms with Crippen molar-refractivity contribution in [2.45, 2.75) is 44.7 Å². The van der Waals surface area contributed by atoms with E-state index in [-0.39, 0.29) is 12.1 Å². The summed E-state index contributed by atoms with van der Waals surface area (Å²) in [4.78, 5) is 0. The molecule has 0 bridgehead atoms. The highest BCUT2D eigenvalue weighted by molar-refractivity contribution is 7.91. The molecule has 0 aromatic rings. The first kappa shape index (κ1) is 12.5. The summed E-state index contributed by atoms with van der Waals surface area (Å²) in [6.45, 7) is 2.09. The average Bonchev–Trinajstić information content (AvgIpc) is 2.20. The molecule has 0 aliphatic carbocycles. The van der Waals surface area contributed by atoms with Crippen LogP contribution in [0.1, 0.15) is 32.6 Å². The van der Waals surface area contributed by atoms with Crippen LogP contribution in [0.3, 0.4) is 0 Å². The van der Waals surface area contributed by atoms with Crippen LogP contribution in [0.4, 0.5) is 0 Å². The lowest BCUT2D eigenvalue weighted by atomic mass is 10.1. The fraction of sp³-hybridized carbons (Fsp3) is 0.818. The Hall–Kier alpha value is -0.530.